The number of hydrogen-bond acceptors (Lipinski definition) is 0. The molecular formula is C13H21PSi2. The van der Waals surface area contributed by atoms with Crippen molar-refractivity contribution in [2.45, 2.75) is 39.3 Å². The van der Waals surface area contributed by atoms with E-state index in [1.807, 2.05) is 0 Å². The third kappa shape index (κ3) is 1.99. The lowest BCUT2D eigenvalue weighted by atomic mass is 10.2. The molecule has 0 aromatic rings. The van der Waals surface area contributed by atoms with Gasteiger partial charge in [-0.1, -0.05) is 59.6 Å². The minimum Gasteiger partial charge on any atom is -0.0689 e. The van der Waals surface area contributed by atoms with Crippen LogP contribution in [0.2, 0.25) is 39.3 Å². The Morgan fingerprint density at radius 3 is 2.06 bits per heavy atom. The lowest BCUT2D eigenvalue weighted by Gasteiger charge is -2.26. The second-order valence-corrected chi connectivity index (χ2v) is 18.2. The molecule has 0 fully saturated rings. The first-order valence-corrected chi connectivity index (χ1v) is 13.8. The van der Waals surface area contributed by atoms with E-state index in [1.165, 1.54) is 8.20 Å². The Hall–Kier alpha value is -0.176. The molecule has 0 spiro atoms. The van der Waals surface area contributed by atoms with Gasteiger partial charge in [0.25, 0.3) is 0 Å². The van der Waals surface area contributed by atoms with E-state index < -0.39 is 16.1 Å². The zero-order valence-corrected chi connectivity index (χ0v) is 14.1. The van der Waals surface area contributed by atoms with Crippen molar-refractivity contribution in [2.24, 2.45) is 0 Å². The van der Waals surface area contributed by atoms with Gasteiger partial charge >= 0.3 is 0 Å². The topological polar surface area (TPSA) is 0 Å². The molecule has 0 atom stereocenters. The Balaban J connectivity index is 2.60. The summed E-state index contributed by atoms with van der Waals surface area (Å²) in [6, 6.07) is 0. The van der Waals surface area contributed by atoms with Gasteiger partial charge in [-0.3, -0.25) is 0 Å². The molecule has 0 amide bonds. The van der Waals surface area contributed by atoms with Crippen LogP contribution in [0, 0.1) is 0 Å². The fourth-order valence-corrected chi connectivity index (χ4v) is 11.1. The van der Waals surface area contributed by atoms with Crippen molar-refractivity contribution >= 4 is 29.6 Å². The van der Waals surface area contributed by atoms with Gasteiger partial charge in [0.2, 0.25) is 0 Å². The fraction of sp³-hybridized carbons (Fsp3) is 0.462. The quantitative estimate of drug-likeness (QED) is 0.504. The lowest BCUT2D eigenvalue weighted by molar-refractivity contribution is 1.59. The highest BCUT2D eigenvalue weighted by atomic mass is 31.1. The summed E-state index contributed by atoms with van der Waals surface area (Å²) in [5, 5.41) is 3.34. The normalized spacial score (nSPS) is 21.1. The van der Waals surface area contributed by atoms with Gasteiger partial charge in [0.1, 0.15) is 0 Å². The van der Waals surface area contributed by atoms with Crippen molar-refractivity contribution in [3.05, 3.63) is 33.9 Å². The average molecular weight is 264 g/mol. The van der Waals surface area contributed by atoms with E-state index in [1.54, 1.807) is 21.0 Å². The second kappa shape index (κ2) is 3.66. The first-order chi connectivity index (χ1) is 7.21. The van der Waals surface area contributed by atoms with E-state index >= 15 is 0 Å². The molecule has 0 nitrogen and oxygen atoms in total. The summed E-state index contributed by atoms with van der Waals surface area (Å²) in [5.41, 5.74) is 1.58. The Bertz CT molecular complexity index is 435. The van der Waals surface area contributed by atoms with Gasteiger partial charge in [-0.2, -0.15) is 0 Å². The molecule has 2 rings (SSSR count). The molecule has 0 saturated carbocycles. The highest BCUT2D eigenvalue weighted by Crippen LogP contribution is 2.46. The molecule has 86 valence electrons. The number of allylic oxidation sites excluding steroid dienone is 5. The van der Waals surface area contributed by atoms with Crippen LogP contribution < -0.4 is 0 Å². The molecule has 2 aliphatic rings. The maximum absolute atomic E-state index is 2.49. The fourth-order valence-electron chi connectivity index (χ4n) is 2.33. The van der Waals surface area contributed by atoms with Crippen LogP contribution >= 0.6 is 8.20 Å². The molecule has 3 heteroatoms. The van der Waals surface area contributed by atoms with Crippen LogP contribution in [-0.2, 0) is 0 Å². The third-order valence-corrected chi connectivity index (χ3v) is 10.6. The van der Waals surface area contributed by atoms with Crippen LogP contribution in [-0.4, -0.2) is 21.4 Å². The predicted octanol–water partition coefficient (Wildman–Crippen LogP) is 4.62. The molecule has 0 bridgehead atoms. The standard InChI is InChI=1S/C13H21PSi2/c1-15(2,3)12-10-8-7-9-11(10)14-13(12)16(4,5)6/h7-9H,1-6H3. The van der Waals surface area contributed by atoms with Gasteiger partial charge in [0.15, 0.2) is 0 Å². The van der Waals surface area contributed by atoms with Crippen molar-refractivity contribution in [3.63, 3.8) is 0 Å². The van der Waals surface area contributed by atoms with Crippen molar-refractivity contribution in [1.82, 2.24) is 0 Å². The molecule has 0 aromatic carbocycles. The molecule has 0 saturated heterocycles. The lowest BCUT2D eigenvalue weighted by Crippen LogP contribution is -2.31. The van der Waals surface area contributed by atoms with Gasteiger partial charge in [0.05, 0.1) is 16.1 Å². The zero-order chi connectivity index (χ0) is 12.1. The summed E-state index contributed by atoms with van der Waals surface area (Å²) in [5.74, 6) is 0. The summed E-state index contributed by atoms with van der Waals surface area (Å²) in [6.45, 7) is 14.9. The van der Waals surface area contributed by atoms with Gasteiger partial charge in [-0.15, -0.1) is 0 Å². The van der Waals surface area contributed by atoms with Crippen LogP contribution in [0.3, 0.4) is 0 Å². The molecule has 0 N–H and O–H groups in total. The van der Waals surface area contributed by atoms with Gasteiger partial charge < -0.3 is 0 Å². The van der Waals surface area contributed by atoms with Crippen molar-refractivity contribution in [1.29, 1.82) is 0 Å². The van der Waals surface area contributed by atoms with Crippen LogP contribution in [0.25, 0.3) is 0 Å². The van der Waals surface area contributed by atoms with E-state index in [0.717, 1.165) is 0 Å². The van der Waals surface area contributed by atoms with Crippen molar-refractivity contribution < 1.29 is 0 Å². The summed E-state index contributed by atoms with van der Waals surface area (Å²) >= 11 is 0. The first kappa shape index (κ1) is 12.3. The summed E-state index contributed by atoms with van der Waals surface area (Å²) < 4.78 is 0. The monoisotopic (exact) mass is 264 g/mol. The maximum Gasteiger partial charge on any atom is 0.0834 e. The van der Waals surface area contributed by atoms with Gasteiger partial charge in [-0.05, 0) is 21.8 Å². The van der Waals surface area contributed by atoms with E-state index in [-0.39, 0.29) is 0 Å². The number of fused-ring (bicyclic) bond motifs is 1. The van der Waals surface area contributed by atoms with Crippen LogP contribution in [0.15, 0.2) is 33.9 Å². The smallest absolute Gasteiger partial charge is 0.0689 e. The molecule has 1 heterocycles. The van der Waals surface area contributed by atoms with Gasteiger partial charge in [-0.25, -0.2) is 0 Å². The average Bonchev–Trinajstić information content (AvgIpc) is 2.53. The number of hydrogen-bond donors (Lipinski definition) is 0. The number of rotatable bonds is 2. The maximum atomic E-state index is 2.49. The Morgan fingerprint density at radius 2 is 1.56 bits per heavy atom. The molecule has 0 aromatic heterocycles. The van der Waals surface area contributed by atoms with E-state index in [4.69, 9.17) is 0 Å². The van der Waals surface area contributed by atoms with Crippen LogP contribution in [0.4, 0.5) is 0 Å². The highest BCUT2D eigenvalue weighted by Gasteiger charge is 2.36. The minimum absolute atomic E-state index is 1.16. The van der Waals surface area contributed by atoms with Gasteiger partial charge in [0, 0.05) is 5.29 Å². The molecule has 16 heavy (non-hydrogen) atoms. The molecule has 0 radical (unpaired) electrons. The second-order valence-electron chi connectivity index (χ2n) is 6.66. The Morgan fingerprint density at radius 1 is 0.938 bits per heavy atom. The van der Waals surface area contributed by atoms with Crippen molar-refractivity contribution in [3.8, 4) is 0 Å². The Kier molecular flexibility index (Phi) is 2.81. The zero-order valence-electron chi connectivity index (χ0n) is 11.2. The van der Waals surface area contributed by atoms with E-state index in [2.05, 4.69) is 57.5 Å². The third-order valence-electron chi connectivity index (χ3n) is 2.99. The molecule has 1 aliphatic heterocycles. The van der Waals surface area contributed by atoms with E-state index in [0.29, 0.717) is 0 Å². The van der Waals surface area contributed by atoms with Crippen molar-refractivity contribution in [2.75, 3.05) is 0 Å². The predicted molar refractivity (Wildman–Crippen MR) is 82.9 cm³/mol. The Labute approximate surface area is 103 Å². The SMILES string of the molecule is C[Si](C)(C)C1=C([Si](C)(C)C)C2=CC=CC2=P1. The summed E-state index contributed by atoms with van der Waals surface area (Å²) in [4.78, 5) is 1.80. The van der Waals surface area contributed by atoms with Crippen LogP contribution in [0.1, 0.15) is 0 Å². The highest BCUT2D eigenvalue weighted by molar-refractivity contribution is 7.53. The first-order valence-electron chi connectivity index (χ1n) is 5.94. The summed E-state index contributed by atoms with van der Waals surface area (Å²) in [7, 11) is -0.842. The summed E-state index contributed by atoms with van der Waals surface area (Å²) in [6.07, 6.45) is 6.87. The molecule has 1 aliphatic carbocycles. The molecule has 0 unspecified atom stereocenters. The molecular weight excluding hydrogens is 243 g/mol. The van der Waals surface area contributed by atoms with E-state index in [9.17, 15) is 0 Å². The largest absolute Gasteiger partial charge is 0.0834 e. The minimum atomic E-state index is -1.20. The van der Waals surface area contributed by atoms with Crippen LogP contribution in [0.5, 0.6) is 0 Å².